The maximum absolute atomic E-state index is 5.51. The Hall–Kier alpha value is -1.26. The molecule has 1 atom stereocenters. The second-order valence-corrected chi connectivity index (χ2v) is 6.77. The van der Waals surface area contributed by atoms with Crippen LogP contribution in [0.15, 0.2) is 18.2 Å². The van der Waals surface area contributed by atoms with Gasteiger partial charge in [0.05, 0.1) is 14.2 Å². The van der Waals surface area contributed by atoms with Crippen molar-refractivity contribution in [3.05, 3.63) is 23.8 Å². The average Bonchev–Trinajstić information content (AvgIpc) is 2.63. The van der Waals surface area contributed by atoms with Gasteiger partial charge in [0.25, 0.3) is 0 Å². The summed E-state index contributed by atoms with van der Waals surface area (Å²) in [6, 6.07) is 6.88. The van der Waals surface area contributed by atoms with E-state index in [0.717, 1.165) is 43.6 Å². The molecule has 1 aromatic carbocycles. The van der Waals surface area contributed by atoms with E-state index in [2.05, 4.69) is 22.3 Å². The maximum atomic E-state index is 5.51. The Morgan fingerprint density at radius 2 is 1.57 bits per heavy atom. The number of nitrogens with one attached hydrogen (secondary N) is 1. The van der Waals surface area contributed by atoms with E-state index in [1.54, 1.807) is 14.2 Å². The van der Waals surface area contributed by atoms with Crippen molar-refractivity contribution in [2.75, 3.05) is 40.4 Å². The Bertz CT molecular complexity index is 454. The third-order valence-electron chi connectivity index (χ3n) is 5.36. The summed E-state index contributed by atoms with van der Waals surface area (Å²) in [4.78, 5) is 2.67. The minimum atomic E-state index is 0.487. The molecule has 1 aliphatic carbocycles. The van der Waals surface area contributed by atoms with Gasteiger partial charge in [0.15, 0.2) is 0 Å². The highest BCUT2D eigenvalue weighted by Gasteiger charge is 2.31. The van der Waals surface area contributed by atoms with E-state index in [4.69, 9.17) is 9.47 Å². The van der Waals surface area contributed by atoms with Crippen molar-refractivity contribution in [2.24, 2.45) is 5.92 Å². The molecule has 3 rings (SSSR count). The summed E-state index contributed by atoms with van der Waals surface area (Å²) in [6.45, 7) is 4.43. The van der Waals surface area contributed by atoms with Crippen LogP contribution < -0.4 is 14.8 Å². The quantitative estimate of drug-likeness (QED) is 0.904. The van der Waals surface area contributed by atoms with Gasteiger partial charge in [-0.15, -0.1) is 0 Å². The van der Waals surface area contributed by atoms with Gasteiger partial charge in [-0.2, -0.15) is 0 Å². The zero-order valence-corrected chi connectivity index (χ0v) is 14.5. The van der Waals surface area contributed by atoms with Gasteiger partial charge in [-0.1, -0.05) is 19.3 Å². The topological polar surface area (TPSA) is 33.7 Å². The second-order valence-electron chi connectivity index (χ2n) is 6.77. The lowest BCUT2D eigenvalue weighted by atomic mass is 9.80. The standard InChI is InChI=1S/C19H30N2O2/c1-22-17-12-16(13-18(14-17)23-2)19(15-6-4-3-5-7-15)21-10-8-20-9-11-21/h12-15,19-20H,3-11H2,1-2H3/t19-/m1/s1. The molecular formula is C19H30N2O2. The number of piperazine rings is 1. The molecule has 0 bridgehead atoms. The summed E-state index contributed by atoms with van der Waals surface area (Å²) in [7, 11) is 3.47. The summed E-state index contributed by atoms with van der Waals surface area (Å²) in [5.74, 6) is 2.55. The lowest BCUT2D eigenvalue weighted by Crippen LogP contribution is -2.47. The number of methoxy groups -OCH3 is 2. The smallest absolute Gasteiger partial charge is 0.122 e. The van der Waals surface area contributed by atoms with Gasteiger partial charge in [0.1, 0.15) is 11.5 Å². The van der Waals surface area contributed by atoms with E-state index in [0.29, 0.717) is 6.04 Å². The molecule has 2 aliphatic rings. The zero-order chi connectivity index (χ0) is 16.1. The van der Waals surface area contributed by atoms with Gasteiger partial charge in [-0.25, -0.2) is 0 Å². The molecule has 4 nitrogen and oxygen atoms in total. The van der Waals surface area contributed by atoms with Gasteiger partial charge in [-0.3, -0.25) is 4.90 Å². The number of rotatable bonds is 5. The fraction of sp³-hybridized carbons (Fsp3) is 0.684. The molecule has 1 N–H and O–H groups in total. The first-order valence-corrected chi connectivity index (χ1v) is 8.99. The Balaban J connectivity index is 1.92. The summed E-state index contributed by atoms with van der Waals surface area (Å²) in [5.41, 5.74) is 1.36. The van der Waals surface area contributed by atoms with Crippen molar-refractivity contribution in [3.8, 4) is 11.5 Å². The van der Waals surface area contributed by atoms with E-state index in [1.807, 2.05) is 6.07 Å². The van der Waals surface area contributed by atoms with Crippen LogP contribution >= 0.6 is 0 Å². The number of ether oxygens (including phenoxy) is 2. The number of hydrogen-bond acceptors (Lipinski definition) is 4. The predicted octanol–water partition coefficient (Wildman–Crippen LogP) is 3.23. The number of benzene rings is 1. The highest BCUT2D eigenvalue weighted by atomic mass is 16.5. The second kappa shape index (κ2) is 8.02. The molecule has 0 radical (unpaired) electrons. The lowest BCUT2D eigenvalue weighted by molar-refractivity contribution is 0.103. The molecule has 0 spiro atoms. The highest BCUT2D eigenvalue weighted by Crippen LogP contribution is 2.40. The van der Waals surface area contributed by atoms with Crippen molar-refractivity contribution in [1.29, 1.82) is 0 Å². The van der Waals surface area contributed by atoms with Crippen LogP contribution in [0.3, 0.4) is 0 Å². The van der Waals surface area contributed by atoms with Crippen molar-refractivity contribution >= 4 is 0 Å². The SMILES string of the molecule is COc1cc(OC)cc([C@@H](C2CCCCC2)N2CCNCC2)c1. The summed E-state index contributed by atoms with van der Waals surface area (Å²) in [5, 5.41) is 3.48. The summed E-state index contributed by atoms with van der Waals surface area (Å²) >= 11 is 0. The minimum Gasteiger partial charge on any atom is -0.497 e. The normalized spacial score (nSPS) is 21.8. The number of hydrogen-bond donors (Lipinski definition) is 1. The Morgan fingerprint density at radius 3 is 2.13 bits per heavy atom. The van der Waals surface area contributed by atoms with Crippen LogP contribution in [-0.4, -0.2) is 45.3 Å². The molecule has 1 saturated carbocycles. The fourth-order valence-electron chi connectivity index (χ4n) is 4.19. The molecule has 4 heteroatoms. The van der Waals surface area contributed by atoms with Gasteiger partial charge in [0, 0.05) is 38.3 Å². The van der Waals surface area contributed by atoms with Crippen molar-refractivity contribution in [2.45, 2.75) is 38.1 Å². The molecule has 0 amide bonds. The van der Waals surface area contributed by atoms with Crippen LogP contribution in [0.25, 0.3) is 0 Å². The van der Waals surface area contributed by atoms with Gasteiger partial charge < -0.3 is 14.8 Å². The molecule has 23 heavy (non-hydrogen) atoms. The third kappa shape index (κ3) is 3.99. The molecule has 1 heterocycles. The lowest BCUT2D eigenvalue weighted by Gasteiger charge is -2.41. The average molecular weight is 318 g/mol. The molecular weight excluding hydrogens is 288 g/mol. The van der Waals surface area contributed by atoms with Crippen LogP contribution in [0.4, 0.5) is 0 Å². The zero-order valence-electron chi connectivity index (χ0n) is 14.5. The fourth-order valence-corrected chi connectivity index (χ4v) is 4.19. The van der Waals surface area contributed by atoms with Crippen LogP contribution in [0.5, 0.6) is 11.5 Å². The van der Waals surface area contributed by atoms with Crippen LogP contribution in [0.2, 0.25) is 0 Å². The molecule has 128 valence electrons. The van der Waals surface area contributed by atoms with E-state index in [9.17, 15) is 0 Å². The van der Waals surface area contributed by atoms with Gasteiger partial charge in [0.2, 0.25) is 0 Å². The Kier molecular flexibility index (Phi) is 5.79. The third-order valence-corrected chi connectivity index (χ3v) is 5.36. The maximum Gasteiger partial charge on any atom is 0.122 e. The molecule has 0 unspecified atom stereocenters. The molecule has 1 saturated heterocycles. The first-order chi connectivity index (χ1) is 11.3. The minimum absolute atomic E-state index is 0.487. The first kappa shape index (κ1) is 16.6. The van der Waals surface area contributed by atoms with Crippen molar-refractivity contribution in [1.82, 2.24) is 10.2 Å². The number of nitrogens with zero attached hydrogens (tertiary/aromatic N) is 1. The Labute approximate surface area is 140 Å². The molecule has 2 fully saturated rings. The van der Waals surface area contributed by atoms with Crippen LogP contribution in [0, 0.1) is 5.92 Å². The Morgan fingerprint density at radius 1 is 0.957 bits per heavy atom. The van der Waals surface area contributed by atoms with E-state index in [1.165, 1.54) is 37.7 Å². The molecule has 1 aromatic rings. The molecule has 0 aromatic heterocycles. The van der Waals surface area contributed by atoms with Crippen molar-refractivity contribution in [3.63, 3.8) is 0 Å². The van der Waals surface area contributed by atoms with Gasteiger partial charge >= 0.3 is 0 Å². The van der Waals surface area contributed by atoms with E-state index < -0.39 is 0 Å². The van der Waals surface area contributed by atoms with Crippen LogP contribution in [-0.2, 0) is 0 Å². The summed E-state index contributed by atoms with van der Waals surface area (Å²) in [6.07, 6.45) is 6.82. The largest absolute Gasteiger partial charge is 0.497 e. The summed E-state index contributed by atoms with van der Waals surface area (Å²) < 4.78 is 11.0. The monoisotopic (exact) mass is 318 g/mol. The van der Waals surface area contributed by atoms with E-state index in [-0.39, 0.29) is 0 Å². The highest BCUT2D eigenvalue weighted by molar-refractivity contribution is 5.40. The van der Waals surface area contributed by atoms with Crippen LogP contribution in [0.1, 0.15) is 43.7 Å². The first-order valence-electron chi connectivity index (χ1n) is 8.99. The predicted molar refractivity (Wildman–Crippen MR) is 93.3 cm³/mol. The van der Waals surface area contributed by atoms with Gasteiger partial charge in [-0.05, 0) is 36.5 Å². The molecule has 1 aliphatic heterocycles. The van der Waals surface area contributed by atoms with E-state index >= 15 is 0 Å². The van der Waals surface area contributed by atoms with Crippen molar-refractivity contribution < 1.29 is 9.47 Å².